The molecule has 3 aromatic rings. The highest BCUT2D eigenvalue weighted by Crippen LogP contribution is 2.47. The van der Waals surface area contributed by atoms with Crippen LogP contribution in [-0.2, 0) is 4.79 Å². The SMILES string of the molecule is CC(=O)[C@@H]1[C@@H]2c3ccccc3O[C@]1(C)N=c1s/c(=C\c3ccc(C(C)C)cc3)c(=O)n12. The lowest BCUT2D eigenvalue weighted by molar-refractivity contribution is -0.132. The number of rotatable bonds is 3. The predicted octanol–water partition coefficient (Wildman–Crippen LogP) is 3.40. The Morgan fingerprint density at radius 2 is 1.90 bits per heavy atom. The van der Waals surface area contributed by atoms with E-state index in [1.165, 1.54) is 16.9 Å². The summed E-state index contributed by atoms with van der Waals surface area (Å²) in [6.07, 6.45) is 1.90. The summed E-state index contributed by atoms with van der Waals surface area (Å²) in [5.74, 6) is 0.538. The van der Waals surface area contributed by atoms with Crippen LogP contribution in [-0.4, -0.2) is 16.1 Å². The van der Waals surface area contributed by atoms with Gasteiger partial charge in [0.05, 0.1) is 10.6 Å². The molecular formula is C25H24N2O3S. The van der Waals surface area contributed by atoms with Crippen LogP contribution in [0.2, 0.25) is 0 Å². The van der Waals surface area contributed by atoms with Gasteiger partial charge >= 0.3 is 0 Å². The van der Waals surface area contributed by atoms with Crippen molar-refractivity contribution < 1.29 is 9.53 Å². The van der Waals surface area contributed by atoms with Crippen LogP contribution in [0.15, 0.2) is 58.3 Å². The van der Waals surface area contributed by atoms with Gasteiger partial charge in [-0.15, -0.1) is 0 Å². The molecule has 3 heterocycles. The number of carbonyl (C=O) groups excluding carboxylic acids is 1. The van der Waals surface area contributed by atoms with Crippen LogP contribution in [0.25, 0.3) is 6.08 Å². The van der Waals surface area contributed by atoms with Gasteiger partial charge in [-0.3, -0.25) is 14.2 Å². The van der Waals surface area contributed by atoms with Crippen LogP contribution >= 0.6 is 11.3 Å². The number of hydrogen-bond acceptors (Lipinski definition) is 5. The van der Waals surface area contributed by atoms with E-state index >= 15 is 0 Å². The molecule has 2 aliphatic rings. The summed E-state index contributed by atoms with van der Waals surface area (Å²) in [7, 11) is 0. The summed E-state index contributed by atoms with van der Waals surface area (Å²) in [5, 5.41) is 0. The summed E-state index contributed by atoms with van der Waals surface area (Å²) in [6.45, 7) is 7.70. The van der Waals surface area contributed by atoms with Crippen molar-refractivity contribution in [2.45, 2.75) is 45.4 Å². The van der Waals surface area contributed by atoms with E-state index < -0.39 is 17.7 Å². The minimum Gasteiger partial charge on any atom is -0.465 e. The molecule has 2 aromatic carbocycles. The molecule has 0 saturated heterocycles. The summed E-state index contributed by atoms with van der Waals surface area (Å²) >= 11 is 1.35. The third-order valence-corrected chi connectivity index (χ3v) is 7.20. The van der Waals surface area contributed by atoms with Gasteiger partial charge in [-0.05, 0) is 43.0 Å². The molecule has 1 aromatic heterocycles. The Labute approximate surface area is 184 Å². The molecule has 0 N–H and O–H groups in total. The van der Waals surface area contributed by atoms with Crippen LogP contribution in [0.5, 0.6) is 5.75 Å². The number of ketones is 1. The highest BCUT2D eigenvalue weighted by atomic mass is 32.1. The molecular weight excluding hydrogens is 408 g/mol. The van der Waals surface area contributed by atoms with Gasteiger partial charge in [0.2, 0.25) is 5.72 Å². The van der Waals surface area contributed by atoms with E-state index in [1.54, 1.807) is 11.5 Å². The molecule has 0 aliphatic carbocycles. The minimum absolute atomic E-state index is 0.0377. The van der Waals surface area contributed by atoms with E-state index in [-0.39, 0.29) is 11.3 Å². The zero-order valence-corrected chi connectivity index (χ0v) is 18.8. The topological polar surface area (TPSA) is 60.7 Å². The first-order chi connectivity index (χ1) is 14.8. The van der Waals surface area contributed by atoms with E-state index in [1.807, 2.05) is 49.4 Å². The Hall–Kier alpha value is -2.99. The fourth-order valence-corrected chi connectivity index (χ4v) is 5.78. The quantitative estimate of drug-likeness (QED) is 0.637. The maximum Gasteiger partial charge on any atom is 0.270 e. The van der Waals surface area contributed by atoms with Gasteiger partial charge < -0.3 is 4.74 Å². The molecule has 0 unspecified atom stereocenters. The number of nitrogens with zero attached hydrogens (tertiary/aromatic N) is 2. The van der Waals surface area contributed by atoms with E-state index in [4.69, 9.17) is 9.73 Å². The van der Waals surface area contributed by atoms with Gasteiger partial charge in [-0.2, -0.15) is 0 Å². The number of Topliss-reactive ketones (excluding diaryl/α,β-unsaturated/α-hetero) is 1. The fraction of sp³-hybridized carbons (Fsp3) is 0.320. The molecule has 0 saturated carbocycles. The second-order valence-corrected chi connectivity index (χ2v) is 9.74. The van der Waals surface area contributed by atoms with Gasteiger partial charge in [0.1, 0.15) is 17.5 Å². The number of hydrogen-bond donors (Lipinski definition) is 0. The Morgan fingerprint density at radius 3 is 2.58 bits per heavy atom. The zero-order valence-electron chi connectivity index (χ0n) is 18.0. The molecule has 0 spiro atoms. The lowest BCUT2D eigenvalue weighted by Crippen LogP contribution is -2.58. The summed E-state index contributed by atoms with van der Waals surface area (Å²) in [4.78, 5) is 31.5. The second-order valence-electron chi connectivity index (χ2n) is 8.73. The molecule has 31 heavy (non-hydrogen) atoms. The molecule has 2 aliphatic heterocycles. The monoisotopic (exact) mass is 432 g/mol. The van der Waals surface area contributed by atoms with E-state index in [0.29, 0.717) is 21.0 Å². The molecule has 5 rings (SSSR count). The maximum absolute atomic E-state index is 13.5. The van der Waals surface area contributed by atoms with Crippen LogP contribution < -0.4 is 19.6 Å². The molecule has 0 amide bonds. The third kappa shape index (κ3) is 3.08. The number of para-hydroxylation sites is 1. The van der Waals surface area contributed by atoms with Crippen LogP contribution in [0, 0.1) is 5.92 Å². The van der Waals surface area contributed by atoms with Gasteiger partial charge in [0, 0.05) is 5.56 Å². The van der Waals surface area contributed by atoms with Crippen LogP contribution in [0.3, 0.4) is 0 Å². The molecule has 158 valence electrons. The number of thiazole rings is 1. The van der Waals surface area contributed by atoms with Crippen molar-refractivity contribution in [2.75, 3.05) is 0 Å². The molecule has 6 heteroatoms. The lowest BCUT2D eigenvalue weighted by Gasteiger charge is -2.45. The Morgan fingerprint density at radius 1 is 1.19 bits per heavy atom. The molecule has 2 bridgehead atoms. The van der Waals surface area contributed by atoms with Crippen molar-refractivity contribution in [3.05, 3.63) is 84.9 Å². The van der Waals surface area contributed by atoms with Gasteiger partial charge in [0.25, 0.3) is 5.56 Å². The van der Waals surface area contributed by atoms with E-state index in [0.717, 1.165) is 11.1 Å². The highest BCUT2D eigenvalue weighted by molar-refractivity contribution is 7.07. The first kappa shape index (κ1) is 19.9. The standard InChI is InChI=1S/C25H24N2O3S/c1-14(2)17-11-9-16(10-12-17)13-20-23(29)27-22-18-7-5-6-8-19(18)30-25(4,21(22)15(3)28)26-24(27)31-20/h5-14,21-22H,1-4H3/b20-13-/t21-,22+,25+/m1/s1. The van der Waals surface area contributed by atoms with Gasteiger partial charge in [-0.1, -0.05) is 67.6 Å². The minimum atomic E-state index is -1.03. The zero-order chi connectivity index (χ0) is 21.9. The Bertz CT molecular complexity index is 1370. The van der Waals surface area contributed by atoms with Crippen molar-refractivity contribution in [3.63, 3.8) is 0 Å². The number of ether oxygens (including phenoxy) is 1. The predicted molar refractivity (Wildman–Crippen MR) is 121 cm³/mol. The summed E-state index contributed by atoms with van der Waals surface area (Å²) < 4.78 is 8.51. The van der Waals surface area contributed by atoms with Crippen molar-refractivity contribution >= 4 is 23.2 Å². The largest absolute Gasteiger partial charge is 0.465 e. The number of aromatic nitrogens is 1. The van der Waals surface area contributed by atoms with E-state index in [2.05, 4.69) is 26.0 Å². The van der Waals surface area contributed by atoms with Crippen molar-refractivity contribution in [1.82, 2.24) is 4.57 Å². The van der Waals surface area contributed by atoms with Gasteiger partial charge in [0.15, 0.2) is 4.80 Å². The maximum atomic E-state index is 13.5. The lowest BCUT2D eigenvalue weighted by atomic mass is 9.79. The fourth-order valence-electron chi connectivity index (χ4n) is 4.68. The smallest absolute Gasteiger partial charge is 0.270 e. The van der Waals surface area contributed by atoms with Crippen LogP contribution in [0.4, 0.5) is 0 Å². The second kappa shape index (κ2) is 7.02. The van der Waals surface area contributed by atoms with Gasteiger partial charge in [-0.25, -0.2) is 4.99 Å². The summed E-state index contributed by atoms with van der Waals surface area (Å²) in [5.41, 5.74) is 1.93. The van der Waals surface area contributed by atoms with Crippen molar-refractivity contribution in [1.29, 1.82) is 0 Å². The normalized spacial score (nSPS) is 24.2. The van der Waals surface area contributed by atoms with Crippen LogP contribution in [0.1, 0.15) is 56.3 Å². The summed E-state index contributed by atoms with van der Waals surface area (Å²) in [6, 6.07) is 15.4. The molecule has 0 radical (unpaired) electrons. The van der Waals surface area contributed by atoms with Crippen molar-refractivity contribution in [3.8, 4) is 5.75 Å². The average molecular weight is 433 g/mol. The number of benzene rings is 2. The molecule has 5 nitrogen and oxygen atoms in total. The molecule has 3 atom stereocenters. The first-order valence-electron chi connectivity index (χ1n) is 10.5. The average Bonchev–Trinajstić information content (AvgIpc) is 3.01. The number of fused-ring (bicyclic) bond motifs is 6. The number of carbonyl (C=O) groups is 1. The van der Waals surface area contributed by atoms with Crippen molar-refractivity contribution in [2.24, 2.45) is 10.9 Å². The third-order valence-electron chi connectivity index (χ3n) is 6.22. The Kier molecular flexibility index (Phi) is 4.52. The first-order valence-corrected chi connectivity index (χ1v) is 11.3. The molecule has 0 fully saturated rings. The Balaban J connectivity index is 1.73. The highest BCUT2D eigenvalue weighted by Gasteiger charge is 2.53. The van der Waals surface area contributed by atoms with E-state index in [9.17, 15) is 9.59 Å².